The summed E-state index contributed by atoms with van der Waals surface area (Å²) in [4.78, 5) is 16.1. The quantitative estimate of drug-likeness (QED) is 0.671. The number of nitrogens with one attached hydrogen (secondary N) is 1. The Morgan fingerprint density at radius 2 is 2.26 bits per heavy atom. The molecule has 0 atom stereocenters. The van der Waals surface area contributed by atoms with Gasteiger partial charge in [-0.15, -0.1) is 11.3 Å². The zero-order valence-corrected chi connectivity index (χ0v) is 12.3. The van der Waals surface area contributed by atoms with E-state index in [1.807, 2.05) is 12.3 Å². The van der Waals surface area contributed by atoms with Gasteiger partial charge in [-0.25, -0.2) is 4.98 Å². The number of thiazole rings is 1. The molecule has 100 valence electrons. The lowest BCUT2D eigenvalue weighted by Crippen LogP contribution is -2.13. The summed E-state index contributed by atoms with van der Waals surface area (Å²) in [7, 11) is 0. The number of benzene rings is 1. The number of amides is 1. The van der Waals surface area contributed by atoms with E-state index in [1.54, 1.807) is 36.5 Å². The van der Waals surface area contributed by atoms with Gasteiger partial charge in [0, 0.05) is 16.8 Å². The molecule has 0 aliphatic carbocycles. The highest BCUT2D eigenvalue weighted by Gasteiger charge is 2.07. The molecule has 1 heterocycles. The van der Waals surface area contributed by atoms with Crippen molar-refractivity contribution in [2.45, 2.75) is 18.2 Å². The lowest BCUT2D eigenvalue weighted by Gasteiger charge is -2.06. The van der Waals surface area contributed by atoms with Crippen molar-refractivity contribution in [1.29, 1.82) is 0 Å². The molecule has 0 spiro atoms. The van der Waals surface area contributed by atoms with Gasteiger partial charge in [0.2, 0.25) is 5.91 Å². The van der Waals surface area contributed by atoms with Crippen LogP contribution in [0.4, 0.5) is 5.69 Å². The van der Waals surface area contributed by atoms with Crippen molar-refractivity contribution in [3.05, 3.63) is 34.8 Å². The molecule has 1 amide bonds. The minimum absolute atomic E-state index is 0.0806. The van der Waals surface area contributed by atoms with Gasteiger partial charge in [0.05, 0.1) is 5.75 Å². The lowest BCUT2D eigenvalue weighted by molar-refractivity contribution is -0.113. The van der Waals surface area contributed by atoms with Crippen molar-refractivity contribution < 1.29 is 9.90 Å². The zero-order valence-electron chi connectivity index (χ0n) is 10.6. The molecule has 0 fully saturated rings. The molecule has 2 aromatic rings. The van der Waals surface area contributed by atoms with Gasteiger partial charge in [0.25, 0.3) is 0 Å². The first kappa shape index (κ1) is 13.9. The Morgan fingerprint density at radius 1 is 1.47 bits per heavy atom. The third kappa shape index (κ3) is 3.97. The van der Waals surface area contributed by atoms with Crippen LogP contribution in [0.15, 0.2) is 27.9 Å². The van der Waals surface area contributed by atoms with Crippen LogP contribution >= 0.6 is 23.1 Å². The molecule has 0 saturated carbocycles. The summed E-state index contributed by atoms with van der Waals surface area (Å²) in [5, 5.41) is 14.2. The second kappa shape index (κ2) is 6.08. The molecule has 4 nitrogen and oxygen atoms in total. The van der Waals surface area contributed by atoms with Gasteiger partial charge in [-0.3, -0.25) is 4.79 Å². The van der Waals surface area contributed by atoms with Crippen LogP contribution in [0, 0.1) is 13.8 Å². The summed E-state index contributed by atoms with van der Waals surface area (Å²) >= 11 is 2.96. The molecule has 0 saturated heterocycles. The number of nitrogens with zero attached hydrogens (tertiary/aromatic N) is 1. The SMILES string of the molecule is Cc1csc(SCC(=O)Nc2ccc(O)c(C)c2)n1. The van der Waals surface area contributed by atoms with Crippen molar-refractivity contribution in [3.8, 4) is 5.75 Å². The third-order valence-electron chi connectivity index (χ3n) is 2.41. The number of aromatic hydroxyl groups is 1. The number of aryl methyl sites for hydroxylation is 2. The summed E-state index contributed by atoms with van der Waals surface area (Å²) in [5.74, 6) is 0.473. The predicted octanol–water partition coefficient (Wildman–Crippen LogP) is 3.20. The largest absolute Gasteiger partial charge is 0.508 e. The maximum atomic E-state index is 11.8. The number of aromatic nitrogens is 1. The molecule has 0 bridgehead atoms. The highest BCUT2D eigenvalue weighted by Crippen LogP contribution is 2.23. The van der Waals surface area contributed by atoms with Gasteiger partial charge >= 0.3 is 0 Å². The molecule has 0 unspecified atom stereocenters. The summed E-state index contributed by atoms with van der Waals surface area (Å²) in [6.45, 7) is 3.72. The molecular weight excluding hydrogens is 280 g/mol. The Bertz CT molecular complexity index is 596. The van der Waals surface area contributed by atoms with Crippen LogP contribution in [-0.2, 0) is 4.79 Å². The number of anilines is 1. The van der Waals surface area contributed by atoms with E-state index in [0.29, 0.717) is 11.4 Å². The first-order chi connectivity index (χ1) is 9.04. The highest BCUT2D eigenvalue weighted by molar-refractivity contribution is 8.01. The Labute approximate surface area is 119 Å². The Hall–Kier alpha value is -1.53. The van der Waals surface area contributed by atoms with Crippen molar-refractivity contribution in [1.82, 2.24) is 4.98 Å². The maximum absolute atomic E-state index is 11.8. The van der Waals surface area contributed by atoms with E-state index in [4.69, 9.17) is 0 Å². The maximum Gasteiger partial charge on any atom is 0.234 e. The number of carbonyl (C=O) groups excluding carboxylic acids is 1. The second-order valence-corrected chi connectivity index (χ2v) is 6.17. The van der Waals surface area contributed by atoms with Crippen LogP contribution in [0.3, 0.4) is 0 Å². The summed E-state index contributed by atoms with van der Waals surface area (Å²) in [5.41, 5.74) is 2.40. The lowest BCUT2D eigenvalue weighted by atomic mass is 10.2. The third-order valence-corrected chi connectivity index (χ3v) is 4.54. The van der Waals surface area contributed by atoms with Crippen LogP contribution in [-0.4, -0.2) is 21.8 Å². The highest BCUT2D eigenvalue weighted by atomic mass is 32.2. The number of carbonyl (C=O) groups is 1. The monoisotopic (exact) mass is 294 g/mol. The standard InChI is InChI=1S/C13H14N2O2S2/c1-8-5-10(3-4-11(8)16)15-12(17)7-19-13-14-9(2)6-18-13/h3-6,16H,7H2,1-2H3,(H,15,17). The predicted molar refractivity (Wildman–Crippen MR) is 79.0 cm³/mol. The van der Waals surface area contributed by atoms with E-state index in [2.05, 4.69) is 10.3 Å². The molecule has 0 aliphatic rings. The summed E-state index contributed by atoms with van der Waals surface area (Å²) in [6, 6.07) is 4.99. The minimum atomic E-state index is -0.0806. The van der Waals surface area contributed by atoms with Crippen LogP contribution in [0.1, 0.15) is 11.3 Å². The number of phenols is 1. The van der Waals surface area contributed by atoms with E-state index < -0.39 is 0 Å². The van der Waals surface area contributed by atoms with Crippen LogP contribution in [0.5, 0.6) is 5.75 Å². The van der Waals surface area contributed by atoms with Gasteiger partial charge in [0.15, 0.2) is 4.34 Å². The van der Waals surface area contributed by atoms with Crippen molar-refractivity contribution in [2.75, 3.05) is 11.1 Å². The van der Waals surface area contributed by atoms with Gasteiger partial charge in [-0.05, 0) is 37.6 Å². The zero-order chi connectivity index (χ0) is 13.8. The molecular formula is C13H14N2O2S2. The van der Waals surface area contributed by atoms with Gasteiger partial charge in [-0.2, -0.15) is 0 Å². The fourth-order valence-corrected chi connectivity index (χ4v) is 3.11. The number of rotatable bonds is 4. The van der Waals surface area contributed by atoms with E-state index in [-0.39, 0.29) is 11.7 Å². The summed E-state index contributed by atoms with van der Waals surface area (Å²) in [6.07, 6.45) is 0. The molecule has 2 rings (SSSR count). The molecule has 1 aromatic carbocycles. The van der Waals surface area contributed by atoms with Crippen LogP contribution in [0.25, 0.3) is 0 Å². The van der Waals surface area contributed by atoms with E-state index in [9.17, 15) is 9.90 Å². The number of phenolic OH excluding ortho intramolecular Hbond substituents is 1. The Morgan fingerprint density at radius 3 is 2.89 bits per heavy atom. The van der Waals surface area contributed by atoms with Crippen LogP contribution < -0.4 is 5.32 Å². The van der Waals surface area contributed by atoms with Crippen molar-refractivity contribution >= 4 is 34.7 Å². The minimum Gasteiger partial charge on any atom is -0.508 e. The normalized spacial score (nSPS) is 10.4. The second-order valence-electron chi connectivity index (χ2n) is 4.09. The number of hydrogen-bond acceptors (Lipinski definition) is 5. The van der Waals surface area contributed by atoms with Crippen LogP contribution in [0.2, 0.25) is 0 Å². The molecule has 0 aliphatic heterocycles. The molecule has 19 heavy (non-hydrogen) atoms. The summed E-state index contributed by atoms with van der Waals surface area (Å²) < 4.78 is 0.898. The van der Waals surface area contributed by atoms with Gasteiger partial charge in [0.1, 0.15) is 5.75 Å². The van der Waals surface area contributed by atoms with Gasteiger partial charge in [-0.1, -0.05) is 11.8 Å². The van der Waals surface area contributed by atoms with E-state index in [1.165, 1.54) is 11.8 Å². The first-order valence-corrected chi connectivity index (χ1v) is 7.55. The number of hydrogen-bond donors (Lipinski definition) is 2. The van der Waals surface area contributed by atoms with Crippen molar-refractivity contribution in [3.63, 3.8) is 0 Å². The first-order valence-electron chi connectivity index (χ1n) is 5.69. The molecule has 0 radical (unpaired) electrons. The fraction of sp³-hybridized carbons (Fsp3) is 0.231. The Balaban J connectivity index is 1.88. The van der Waals surface area contributed by atoms with Gasteiger partial charge < -0.3 is 10.4 Å². The molecule has 6 heteroatoms. The fourth-order valence-electron chi connectivity index (χ4n) is 1.46. The smallest absolute Gasteiger partial charge is 0.234 e. The topological polar surface area (TPSA) is 62.2 Å². The average molecular weight is 294 g/mol. The molecule has 1 aromatic heterocycles. The average Bonchev–Trinajstić information content (AvgIpc) is 2.77. The Kier molecular flexibility index (Phi) is 4.44. The molecule has 2 N–H and O–H groups in total. The van der Waals surface area contributed by atoms with Crippen molar-refractivity contribution in [2.24, 2.45) is 0 Å². The number of thioether (sulfide) groups is 1. The van der Waals surface area contributed by atoms with E-state index >= 15 is 0 Å². The van der Waals surface area contributed by atoms with E-state index in [0.717, 1.165) is 15.6 Å².